The summed E-state index contributed by atoms with van der Waals surface area (Å²) in [6.07, 6.45) is 3.03. The molecule has 2 nitrogen and oxygen atoms in total. The van der Waals surface area contributed by atoms with E-state index in [0.717, 1.165) is 19.1 Å². The maximum atomic E-state index is 5.54. The summed E-state index contributed by atoms with van der Waals surface area (Å²) < 4.78 is 5.54. The van der Waals surface area contributed by atoms with Crippen LogP contribution in [0.4, 0.5) is 0 Å². The van der Waals surface area contributed by atoms with Gasteiger partial charge in [0.25, 0.3) is 0 Å². The smallest absolute Gasteiger partial charge is 0.0519 e. The fourth-order valence-corrected chi connectivity index (χ4v) is 1.39. The SMILES string of the molecule is CC(C)OC[C@H]1CCCNC1. The molecule has 1 atom stereocenters. The maximum absolute atomic E-state index is 5.54. The average Bonchev–Trinajstić information content (AvgIpc) is 2.03. The molecule has 0 saturated carbocycles. The average molecular weight is 157 g/mol. The molecule has 0 bridgehead atoms. The Labute approximate surface area is 69.3 Å². The van der Waals surface area contributed by atoms with Gasteiger partial charge in [-0.15, -0.1) is 0 Å². The Morgan fingerprint density at radius 1 is 1.55 bits per heavy atom. The molecule has 0 aromatic heterocycles. The molecule has 1 N–H and O–H groups in total. The number of hydrogen-bond acceptors (Lipinski definition) is 2. The highest BCUT2D eigenvalue weighted by molar-refractivity contribution is 4.68. The van der Waals surface area contributed by atoms with E-state index < -0.39 is 0 Å². The van der Waals surface area contributed by atoms with Crippen LogP contribution in [0.15, 0.2) is 0 Å². The van der Waals surface area contributed by atoms with E-state index in [0.29, 0.717) is 6.10 Å². The van der Waals surface area contributed by atoms with Crippen molar-refractivity contribution >= 4 is 0 Å². The highest BCUT2D eigenvalue weighted by atomic mass is 16.5. The minimum Gasteiger partial charge on any atom is -0.378 e. The summed E-state index contributed by atoms with van der Waals surface area (Å²) >= 11 is 0. The van der Waals surface area contributed by atoms with Crippen molar-refractivity contribution in [2.75, 3.05) is 19.7 Å². The van der Waals surface area contributed by atoms with Crippen LogP contribution in [0.2, 0.25) is 0 Å². The largest absolute Gasteiger partial charge is 0.378 e. The molecule has 1 fully saturated rings. The number of ether oxygens (including phenoxy) is 1. The fraction of sp³-hybridized carbons (Fsp3) is 1.00. The number of nitrogens with one attached hydrogen (secondary N) is 1. The zero-order chi connectivity index (χ0) is 8.10. The van der Waals surface area contributed by atoms with Gasteiger partial charge in [0.05, 0.1) is 12.7 Å². The zero-order valence-corrected chi connectivity index (χ0v) is 7.60. The molecule has 0 aliphatic carbocycles. The monoisotopic (exact) mass is 157 g/mol. The van der Waals surface area contributed by atoms with Crippen LogP contribution in [-0.2, 0) is 4.74 Å². The quantitative estimate of drug-likeness (QED) is 0.669. The van der Waals surface area contributed by atoms with Crippen LogP contribution in [0.1, 0.15) is 26.7 Å². The lowest BCUT2D eigenvalue weighted by Crippen LogP contribution is -2.32. The molecule has 0 aromatic rings. The Morgan fingerprint density at radius 2 is 2.36 bits per heavy atom. The van der Waals surface area contributed by atoms with Crippen LogP contribution in [0, 0.1) is 5.92 Å². The van der Waals surface area contributed by atoms with Gasteiger partial charge in [-0.25, -0.2) is 0 Å². The van der Waals surface area contributed by atoms with Gasteiger partial charge in [0.1, 0.15) is 0 Å². The molecule has 1 aliphatic heterocycles. The molecule has 1 aliphatic rings. The Hall–Kier alpha value is -0.0800. The van der Waals surface area contributed by atoms with Crippen LogP contribution in [0.3, 0.4) is 0 Å². The van der Waals surface area contributed by atoms with Gasteiger partial charge < -0.3 is 10.1 Å². The molecule has 1 rings (SSSR count). The molecule has 0 radical (unpaired) electrons. The van der Waals surface area contributed by atoms with Gasteiger partial charge in [-0.3, -0.25) is 0 Å². The predicted molar refractivity (Wildman–Crippen MR) is 46.7 cm³/mol. The summed E-state index contributed by atoms with van der Waals surface area (Å²) in [5.41, 5.74) is 0. The van der Waals surface area contributed by atoms with E-state index in [2.05, 4.69) is 19.2 Å². The first kappa shape index (κ1) is 9.01. The molecular weight excluding hydrogens is 138 g/mol. The topological polar surface area (TPSA) is 21.3 Å². The highest BCUT2D eigenvalue weighted by Crippen LogP contribution is 2.10. The van der Waals surface area contributed by atoms with Gasteiger partial charge in [0.15, 0.2) is 0 Å². The van der Waals surface area contributed by atoms with Gasteiger partial charge in [0, 0.05) is 6.54 Å². The molecule has 0 amide bonds. The molecule has 1 heterocycles. The van der Waals surface area contributed by atoms with Gasteiger partial charge >= 0.3 is 0 Å². The van der Waals surface area contributed by atoms with Crippen LogP contribution >= 0.6 is 0 Å². The van der Waals surface area contributed by atoms with Gasteiger partial charge in [-0.2, -0.15) is 0 Å². The van der Waals surface area contributed by atoms with Crippen molar-refractivity contribution in [3.05, 3.63) is 0 Å². The minimum absolute atomic E-state index is 0.386. The number of hydrogen-bond donors (Lipinski definition) is 1. The zero-order valence-electron chi connectivity index (χ0n) is 7.60. The van der Waals surface area contributed by atoms with Gasteiger partial charge in [-0.1, -0.05) is 0 Å². The first-order chi connectivity index (χ1) is 5.29. The Bertz CT molecular complexity index is 97.7. The van der Waals surface area contributed by atoms with Crippen molar-refractivity contribution in [1.29, 1.82) is 0 Å². The van der Waals surface area contributed by atoms with Crippen molar-refractivity contribution < 1.29 is 4.74 Å². The van der Waals surface area contributed by atoms with Crippen molar-refractivity contribution in [2.24, 2.45) is 5.92 Å². The molecule has 66 valence electrons. The minimum atomic E-state index is 0.386. The second-order valence-electron chi connectivity index (χ2n) is 3.59. The molecule has 0 aromatic carbocycles. The second-order valence-corrected chi connectivity index (χ2v) is 3.59. The lowest BCUT2D eigenvalue weighted by Gasteiger charge is -2.23. The maximum Gasteiger partial charge on any atom is 0.0519 e. The van der Waals surface area contributed by atoms with E-state index in [9.17, 15) is 0 Å². The third-order valence-electron chi connectivity index (χ3n) is 2.06. The van der Waals surface area contributed by atoms with E-state index in [-0.39, 0.29) is 0 Å². The standard InChI is InChI=1S/C9H19NO/c1-8(2)11-7-9-4-3-5-10-6-9/h8-10H,3-7H2,1-2H3/t9-/m0/s1. The van der Waals surface area contributed by atoms with E-state index in [1.54, 1.807) is 0 Å². The lowest BCUT2D eigenvalue weighted by atomic mass is 10.0. The third kappa shape index (κ3) is 3.73. The molecule has 11 heavy (non-hydrogen) atoms. The van der Waals surface area contributed by atoms with Crippen molar-refractivity contribution in [2.45, 2.75) is 32.8 Å². The van der Waals surface area contributed by atoms with Crippen LogP contribution < -0.4 is 5.32 Å². The number of rotatable bonds is 3. The summed E-state index contributed by atoms with van der Waals surface area (Å²) in [6, 6.07) is 0. The molecule has 0 spiro atoms. The first-order valence-electron chi connectivity index (χ1n) is 4.61. The summed E-state index contributed by atoms with van der Waals surface area (Å²) in [7, 11) is 0. The van der Waals surface area contributed by atoms with E-state index in [1.807, 2.05) is 0 Å². The van der Waals surface area contributed by atoms with Crippen LogP contribution in [0.25, 0.3) is 0 Å². The Morgan fingerprint density at radius 3 is 2.91 bits per heavy atom. The normalized spacial score (nSPS) is 25.9. The highest BCUT2D eigenvalue weighted by Gasteiger charge is 2.12. The van der Waals surface area contributed by atoms with E-state index in [1.165, 1.54) is 19.4 Å². The molecule has 0 unspecified atom stereocenters. The number of piperidine rings is 1. The lowest BCUT2D eigenvalue weighted by molar-refractivity contribution is 0.0449. The Kier molecular flexibility index (Phi) is 3.87. The van der Waals surface area contributed by atoms with Crippen molar-refractivity contribution in [1.82, 2.24) is 5.32 Å². The second kappa shape index (κ2) is 4.73. The predicted octanol–water partition coefficient (Wildman–Crippen LogP) is 1.41. The molecule has 2 heteroatoms. The van der Waals surface area contributed by atoms with Crippen molar-refractivity contribution in [3.63, 3.8) is 0 Å². The summed E-state index contributed by atoms with van der Waals surface area (Å²) in [5.74, 6) is 0.756. The van der Waals surface area contributed by atoms with Crippen LogP contribution in [-0.4, -0.2) is 25.8 Å². The van der Waals surface area contributed by atoms with E-state index >= 15 is 0 Å². The van der Waals surface area contributed by atoms with Crippen molar-refractivity contribution in [3.8, 4) is 0 Å². The third-order valence-corrected chi connectivity index (χ3v) is 2.06. The van der Waals surface area contributed by atoms with Gasteiger partial charge in [-0.05, 0) is 39.2 Å². The fourth-order valence-electron chi connectivity index (χ4n) is 1.39. The van der Waals surface area contributed by atoms with E-state index in [4.69, 9.17) is 4.74 Å². The van der Waals surface area contributed by atoms with Gasteiger partial charge in [0.2, 0.25) is 0 Å². The first-order valence-corrected chi connectivity index (χ1v) is 4.61. The van der Waals surface area contributed by atoms with Crippen LogP contribution in [0.5, 0.6) is 0 Å². The molecular formula is C9H19NO. The summed E-state index contributed by atoms with van der Waals surface area (Å²) in [4.78, 5) is 0. The molecule has 1 saturated heterocycles. The Balaban J connectivity index is 2.05. The summed E-state index contributed by atoms with van der Waals surface area (Å²) in [5, 5.41) is 3.38. The summed E-state index contributed by atoms with van der Waals surface area (Å²) in [6.45, 7) is 7.46.